The molecule has 1 fully saturated rings. The maximum Gasteiger partial charge on any atom is 0.330 e. The second-order valence-corrected chi connectivity index (χ2v) is 6.19. The maximum atomic E-state index is 11.8. The van der Waals surface area contributed by atoms with Crippen molar-refractivity contribution >= 4 is 12.0 Å². The standard InChI is InChI=1S/C18H24O10/c19-7-12(27-18-17(25)16(24)15(23)13(8-20)28-18)9-26-14(22)6-3-10-1-4-11(21)5-2-10/h1-6,12-13,15-21,23-25H,7-9H2. The van der Waals surface area contributed by atoms with Crippen LogP contribution in [0.5, 0.6) is 5.75 Å². The number of carbonyl (C=O) groups is 1. The van der Waals surface area contributed by atoms with Gasteiger partial charge >= 0.3 is 5.97 Å². The number of hydrogen-bond acceptors (Lipinski definition) is 10. The third kappa shape index (κ3) is 5.97. The number of aromatic hydroxyl groups is 1. The molecule has 1 saturated heterocycles. The average molecular weight is 400 g/mol. The number of hydrogen-bond donors (Lipinski definition) is 6. The van der Waals surface area contributed by atoms with Gasteiger partial charge < -0.3 is 44.8 Å². The Morgan fingerprint density at radius 2 is 1.79 bits per heavy atom. The summed E-state index contributed by atoms with van der Waals surface area (Å²) in [4.78, 5) is 11.8. The second-order valence-electron chi connectivity index (χ2n) is 6.19. The quantitative estimate of drug-likeness (QED) is 0.215. The zero-order valence-corrected chi connectivity index (χ0v) is 14.9. The molecule has 28 heavy (non-hydrogen) atoms. The Morgan fingerprint density at radius 1 is 1.11 bits per heavy atom. The van der Waals surface area contributed by atoms with Gasteiger partial charge in [-0.1, -0.05) is 12.1 Å². The van der Waals surface area contributed by atoms with E-state index in [1.54, 1.807) is 12.1 Å². The first-order valence-corrected chi connectivity index (χ1v) is 8.56. The zero-order chi connectivity index (χ0) is 20.7. The van der Waals surface area contributed by atoms with Crippen molar-refractivity contribution in [1.82, 2.24) is 0 Å². The Morgan fingerprint density at radius 3 is 2.39 bits per heavy atom. The van der Waals surface area contributed by atoms with Gasteiger partial charge in [0.15, 0.2) is 6.29 Å². The molecule has 6 N–H and O–H groups in total. The second kappa shape index (κ2) is 10.5. The van der Waals surface area contributed by atoms with Crippen LogP contribution in [0.4, 0.5) is 0 Å². The Balaban J connectivity index is 1.86. The summed E-state index contributed by atoms with van der Waals surface area (Å²) in [6.07, 6.45) is -5.84. The monoisotopic (exact) mass is 400 g/mol. The molecule has 10 nitrogen and oxygen atoms in total. The number of esters is 1. The van der Waals surface area contributed by atoms with Crippen molar-refractivity contribution in [2.24, 2.45) is 0 Å². The van der Waals surface area contributed by atoms with Crippen LogP contribution in [0.1, 0.15) is 5.56 Å². The van der Waals surface area contributed by atoms with E-state index in [2.05, 4.69) is 0 Å². The molecule has 0 aliphatic carbocycles. The van der Waals surface area contributed by atoms with Gasteiger partial charge in [-0.15, -0.1) is 0 Å². The van der Waals surface area contributed by atoms with Crippen molar-refractivity contribution in [2.75, 3.05) is 19.8 Å². The number of phenols is 1. The van der Waals surface area contributed by atoms with Crippen molar-refractivity contribution in [2.45, 2.75) is 36.8 Å². The minimum Gasteiger partial charge on any atom is -0.508 e. The van der Waals surface area contributed by atoms with Crippen LogP contribution in [0, 0.1) is 0 Å². The SMILES string of the molecule is O=C(C=Cc1ccc(O)cc1)OCC(CO)OC1OC(CO)C(O)C(O)C1O. The van der Waals surface area contributed by atoms with Gasteiger partial charge in [0.2, 0.25) is 0 Å². The van der Waals surface area contributed by atoms with Crippen molar-refractivity contribution < 1.29 is 49.6 Å². The van der Waals surface area contributed by atoms with Crippen molar-refractivity contribution in [3.8, 4) is 5.75 Å². The van der Waals surface area contributed by atoms with Crippen LogP contribution >= 0.6 is 0 Å². The first-order valence-electron chi connectivity index (χ1n) is 8.56. The van der Waals surface area contributed by atoms with E-state index in [4.69, 9.17) is 19.3 Å². The first-order chi connectivity index (χ1) is 13.3. The van der Waals surface area contributed by atoms with Crippen LogP contribution in [0.25, 0.3) is 6.08 Å². The number of rotatable bonds is 8. The predicted octanol–water partition coefficient (Wildman–Crippen LogP) is -1.87. The summed E-state index contributed by atoms with van der Waals surface area (Å²) < 4.78 is 15.4. The van der Waals surface area contributed by atoms with Gasteiger partial charge in [0.25, 0.3) is 0 Å². The summed E-state index contributed by atoms with van der Waals surface area (Å²) in [5, 5.41) is 57.1. The van der Waals surface area contributed by atoms with E-state index in [9.17, 15) is 30.3 Å². The molecule has 0 spiro atoms. The van der Waals surface area contributed by atoms with Crippen molar-refractivity contribution in [1.29, 1.82) is 0 Å². The lowest BCUT2D eigenvalue weighted by Gasteiger charge is -2.40. The normalized spacial score (nSPS) is 29.0. The highest BCUT2D eigenvalue weighted by Gasteiger charge is 2.44. The molecule has 1 heterocycles. The molecule has 10 heteroatoms. The van der Waals surface area contributed by atoms with Gasteiger partial charge in [-0.25, -0.2) is 4.79 Å². The molecule has 1 aliphatic heterocycles. The van der Waals surface area contributed by atoms with Crippen LogP contribution in [0.3, 0.4) is 0 Å². The molecule has 0 amide bonds. The summed E-state index contributed by atoms with van der Waals surface area (Å²) in [5.41, 5.74) is 0.658. The highest BCUT2D eigenvalue weighted by Crippen LogP contribution is 2.23. The molecule has 1 aromatic rings. The van der Waals surface area contributed by atoms with E-state index < -0.39 is 56.0 Å². The predicted molar refractivity (Wildman–Crippen MR) is 93.8 cm³/mol. The summed E-state index contributed by atoms with van der Waals surface area (Å²) in [7, 11) is 0. The van der Waals surface area contributed by atoms with Crippen molar-refractivity contribution in [3.63, 3.8) is 0 Å². The summed E-state index contributed by atoms with van der Waals surface area (Å²) in [5.74, 6) is -0.625. The van der Waals surface area contributed by atoms with E-state index in [0.29, 0.717) is 5.56 Å². The fourth-order valence-corrected chi connectivity index (χ4v) is 2.48. The lowest BCUT2D eigenvalue weighted by atomic mass is 9.99. The average Bonchev–Trinajstić information content (AvgIpc) is 2.70. The molecular weight excluding hydrogens is 376 g/mol. The third-order valence-corrected chi connectivity index (χ3v) is 4.10. The Bertz CT molecular complexity index is 644. The molecule has 1 aromatic carbocycles. The third-order valence-electron chi connectivity index (χ3n) is 4.10. The number of ether oxygens (including phenoxy) is 3. The molecular formula is C18H24O10. The van der Waals surface area contributed by atoms with Crippen LogP contribution < -0.4 is 0 Å². The summed E-state index contributed by atoms with van der Waals surface area (Å²) in [6.45, 7) is -1.57. The fourth-order valence-electron chi connectivity index (χ4n) is 2.48. The van der Waals surface area contributed by atoms with E-state index >= 15 is 0 Å². The molecule has 2 rings (SSSR count). The smallest absolute Gasteiger partial charge is 0.330 e. The van der Waals surface area contributed by atoms with Gasteiger partial charge in [-0.2, -0.15) is 0 Å². The Labute approximate surface area is 160 Å². The summed E-state index contributed by atoms with van der Waals surface area (Å²) >= 11 is 0. The highest BCUT2D eigenvalue weighted by atomic mass is 16.7. The number of aliphatic hydroxyl groups excluding tert-OH is 5. The van der Waals surface area contributed by atoms with Gasteiger partial charge in [0.1, 0.15) is 42.9 Å². The van der Waals surface area contributed by atoms with E-state index in [0.717, 1.165) is 6.08 Å². The van der Waals surface area contributed by atoms with Gasteiger partial charge in [0, 0.05) is 6.08 Å². The largest absolute Gasteiger partial charge is 0.508 e. The fraction of sp³-hybridized carbons (Fsp3) is 0.500. The Hall–Kier alpha value is -2.05. The molecule has 6 atom stereocenters. The molecule has 0 bridgehead atoms. The van der Waals surface area contributed by atoms with Gasteiger partial charge in [-0.3, -0.25) is 0 Å². The van der Waals surface area contributed by atoms with Crippen molar-refractivity contribution in [3.05, 3.63) is 35.9 Å². The molecule has 156 valence electrons. The topological polar surface area (TPSA) is 166 Å². The van der Waals surface area contributed by atoms with Crippen LogP contribution in [0.2, 0.25) is 0 Å². The minimum absolute atomic E-state index is 0.0934. The highest BCUT2D eigenvalue weighted by molar-refractivity contribution is 5.87. The number of phenolic OH excluding ortho intramolecular Hbond substituents is 1. The molecule has 0 saturated carbocycles. The Kier molecular flexibility index (Phi) is 8.33. The van der Waals surface area contributed by atoms with Crippen LogP contribution in [0.15, 0.2) is 30.3 Å². The zero-order valence-electron chi connectivity index (χ0n) is 14.9. The van der Waals surface area contributed by atoms with Gasteiger partial charge in [0.05, 0.1) is 13.2 Å². The number of aliphatic hydroxyl groups is 5. The minimum atomic E-state index is -1.63. The van der Waals surface area contributed by atoms with Crippen LogP contribution in [-0.2, 0) is 19.0 Å². The number of benzene rings is 1. The lowest BCUT2D eigenvalue weighted by Crippen LogP contribution is -2.60. The molecule has 6 unspecified atom stereocenters. The van der Waals surface area contributed by atoms with E-state index in [1.165, 1.54) is 18.2 Å². The molecule has 0 radical (unpaired) electrons. The van der Waals surface area contributed by atoms with E-state index in [1.807, 2.05) is 0 Å². The summed E-state index contributed by atoms with van der Waals surface area (Å²) in [6, 6.07) is 6.11. The molecule has 0 aromatic heterocycles. The van der Waals surface area contributed by atoms with Crippen LogP contribution in [-0.4, -0.2) is 93.2 Å². The number of carbonyl (C=O) groups excluding carboxylic acids is 1. The van der Waals surface area contributed by atoms with Gasteiger partial charge in [-0.05, 0) is 23.8 Å². The lowest BCUT2D eigenvalue weighted by molar-refractivity contribution is -0.315. The van der Waals surface area contributed by atoms with E-state index in [-0.39, 0.29) is 12.4 Å². The first kappa shape index (κ1) is 22.2. The molecule has 1 aliphatic rings. The maximum absolute atomic E-state index is 11.8.